The number of benzene rings is 1. The molecule has 4 heteroatoms. The maximum atomic E-state index is 13.1. The fourth-order valence-electron chi connectivity index (χ4n) is 3.83. The van der Waals surface area contributed by atoms with Crippen LogP contribution in [-0.2, 0) is 13.0 Å². The third kappa shape index (κ3) is 4.77. The minimum Gasteiger partial charge on any atom is -0.298 e. The van der Waals surface area contributed by atoms with Gasteiger partial charge in [0.1, 0.15) is 5.82 Å². The molecule has 1 aliphatic rings. The van der Waals surface area contributed by atoms with Gasteiger partial charge in [0, 0.05) is 49.2 Å². The molecule has 4 rings (SSSR count). The standard InChI is InChI=1S/C23H24FN3/c24-21-10-8-18(9-11-21)14-22-6-1-7-23(26-22)20-5-3-13-27(17-20)16-19-4-2-12-25-15-19/h1-2,4,6-12,15,20H,3,5,13-14,16-17H2. The van der Waals surface area contributed by atoms with Crippen LogP contribution in [0.15, 0.2) is 67.0 Å². The predicted octanol–water partition coefficient (Wildman–Crippen LogP) is 4.59. The molecule has 3 nitrogen and oxygen atoms in total. The molecule has 0 saturated carbocycles. The van der Waals surface area contributed by atoms with Crippen LogP contribution >= 0.6 is 0 Å². The van der Waals surface area contributed by atoms with Gasteiger partial charge in [-0.15, -0.1) is 0 Å². The second-order valence-electron chi connectivity index (χ2n) is 7.29. The van der Waals surface area contributed by atoms with E-state index in [1.807, 2.05) is 30.6 Å². The van der Waals surface area contributed by atoms with E-state index in [9.17, 15) is 4.39 Å². The van der Waals surface area contributed by atoms with E-state index in [0.717, 1.165) is 37.3 Å². The zero-order valence-electron chi connectivity index (χ0n) is 15.4. The van der Waals surface area contributed by atoms with Gasteiger partial charge >= 0.3 is 0 Å². The Bertz CT molecular complexity index is 864. The largest absolute Gasteiger partial charge is 0.298 e. The molecule has 2 aromatic heterocycles. The topological polar surface area (TPSA) is 29.0 Å². The summed E-state index contributed by atoms with van der Waals surface area (Å²) in [6.45, 7) is 3.10. The van der Waals surface area contributed by atoms with Gasteiger partial charge in [0.15, 0.2) is 0 Å². The molecule has 0 N–H and O–H groups in total. The molecule has 138 valence electrons. The van der Waals surface area contributed by atoms with Crippen LogP contribution in [0.1, 0.15) is 41.3 Å². The van der Waals surface area contributed by atoms with Gasteiger partial charge in [-0.3, -0.25) is 14.9 Å². The van der Waals surface area contributed by atoms with Crippen LogP contribution in [0.2, 0.25) is 0 Å². The lowest BCUT2D eigenvalue weighted by atomic mass is 9.93. The maximum absolute atomic E-state index is 13.1. The summed E-state index contributed by atoms with van der Waals surface area (Å²) in [5.41, 5.74) is 4.56. The van der Waals surface area contributed by atoms with Crippen LogP contribution < -0.4 is 0 Å². The first-order valence-electron chi connectivity index (χ1n) is 9.58. The zero-order valence-corrected chi connectivity index (χ0v) is 15.4. The molecule has 27 heavy (non-hydrogen) atoms. The Balaban J connectivity index is 1.43. The van der Waals surface area contributed by atoms with Crippen LogP contribution in [0.5, 0.6) is 0 Å². The molecule has 1 aliphatic heterocycles. The van der Waals surface area contributed by atoms with Crippen LogP contribution in [0.3, 0.4) is 0 Å². The van der Waals surface area contributed by atoms with Gasteiger partial charge in [-0.05, 0) is 60.8 Å². The number of likely N-dealkylation sites (tertiary alicyclic amines) is 1. The smallest absolute Gasteiger partial charge is 0.123 e. The second-order valence-corrected chi connectivity index (χ2v) is 7.29. The third-order valence-electron chi connectivity index (χ3n) is 5.18. The molecule has 1 fully saturated rings. The van der Waals surface area contributed by atoms with E-state index in [-0.39, 0.29) is 5.82 Å². The molecule has 3 aromatic rings. The summed E-state index contributed by atoms with van der Waals surface area (Å²) in [6.07, 6.45) is 6.87. The normalized spacial score (nSPS) is 17.7. The van der Waals surface area contributed by atoms with Crippen molar-refractivity contribution < 1.29 is 4.39 Å². The highest BCUT2D eigenvalue weighted by Gasteiger charge is 2.22. The average Bonchev–Trinajstić information content (AvgIpc) is 2.71. The first-order chi connectivity index (χ1) is 13.3. The lowest BCUT2D eigenvalue weighted by molar-refractivity contribution is 0.198. The van der Waals surface area contributed by atoms with Crippen molar-refractivity contribution >= 4 is 0 Å². The summed E-state index contributed by atoms with van der Waals surface area (Å²) in [6, 6.07) is 17.1. The molecule has 1 atom stereocenters. The van der Waals surface area contributed by atoms with E-state index in [4.69, 9.17) is 4.98 Å². The van der Waals surface area contributed by atoms with Gasteiger partial charge in [0.2, 0.25) is 0 Å². The van der Waals surface area contributed by atoms with Crippen molar-refractivity contribution in [3.63, 3.8) is 0 Å². The second kappa shape index (κ2) is 8.40. The van der Waals surface area contributed by atoms with Crippen molar-refractivity contribution in [3.05, 3.63) is 95.3 Å². The van der Waals surface area contributed by atoms with Gasteiger partial charge in [-0.2, -0.15) is 0 Å². The number of piperidine rings is 1. The number of pyridine rings is 2. The Morgan fingerprint density at radius 3 is 2.70 bits per heavy atom. The molecule has 0 amide bonds. The van der Waals surface area contributed by atoms with E-state index in [1.54, 1.807) is 0 Å². The van der Waals surface area contributed by atoms with Crippen LogP contribution in [0, 0.1) is 5.82 Å². The summed E-state index contributed by atoms with van der Waals surface area (Å²) in [7, 11) is 0. The van der Waals surface area contributed by atoms with Gasteiger partial charge in [0.05, 0.1) is 0 Å². The highest BCUT2D eigenvalue weighted by atomic mass is 19.1. The van der Waals surface area contributed by atoms with E-state index >= 15 is 0 Å². The quantitative estimate of drug-likeness (QED) is 0.666. The predicted molar refractivity (Wildman–Crippen MR) is 105 cm³/mol. The number of nitrogens with zero attached hydrogens (tertiary/aromatic N) is 3. The first-order valence-corrected chi connectivity index (χ1v) is 9.58. The van der Waals surface area contributed by atoms with Crippen LogP contribution in [-0.4, -0.2) is 28.0 Å². The van der Waals surface area contributed by atoms with E-state index in [2.05, 4.69) is 34.1 Å². The number of halogens is 1. The Kier molecular flexibility index (Phi) is 5.54. The lowest BCUT2D eigenvalue weighted by Gasteiger charge is -2.32. The molecular weight excluding hydrogens is 337 g/mol. The van der Waals surface area contributed by atoms with Crippen molar-refractivity contribution in [3.8, 4) is 0 Å². The summed E-state index contributed by atoms with van der Waals surface area (Å²) < 4.78 is 13.1. The van der Waals surface area contributed by atoms with Gasteiger partial charge in [-0.25, -0.2) is 4.39 Å². The molecular formula is C23H24FN3. The van der Waals surface area contributed by atoms with Crippen molar-refractivity contribution in [1.82, 2.24) is 14.9 Å². The molecule has 0 radical (unpaired) electrons. The molecule has 3 heterocycles. The highest BCUT2D eigenvalue weighted by Crippen LogP contribution is 2.27. The summed E-state index contributed by atoms with van der Waals surface area (Å²) in [4.78, 5) is 11.6. The van der Waals surface area contributed by atoms with Gasteiger partial charge in [0.25, 0.3) is 0 Å². The Morgan fingerprint density at radius 2 is 1.89 bits per heavy atom. The minimum atomic E-state index is -0.198. The van der Waals surface area contributed by atoms with Crippen LogP contribution in [0.25, 0.3) is 0 Å². The Hall–Kier alpha value is -2.59. The SMILES string of the molecule is Fc1ccc(Cc2cccc(C3CCCN(Cc4cccnc4)C3)n2)cc1. The number of aromatic nitrogens is 2. The van der Waals surface area contributed by atoms with Gasteiger partial charge in [-0.1, -0.05) is 24.3 Å². The number of hydrogen-bond donors (Lipinski definition) is 0. The van der Waals surface area contributed by atoms with E-state index in [0.29, 0.717) is 5.92 Å². The number of rotatable bonds is 5. The minimum absolute atomic E-state index is 0.198. The Labute approximate surface area is 159 Å². The highest BCUT2D eigenvalue weighted by molar-refractivity contribution is 5.24. The van der Waals surface area contributed by atoms with Crippen molar-refractivity contribution in [2.75, 3.05) is 13.1 Å². The average molecular weight is 361 g/mol. The maximum Gasteiger partial charge on any atom is 0.123 e. The van der Waals surface area contributed by atoms with E-state index < -0.39 is 0 Å². The van der Waals surface area contributed by atoms with Crippen molar-refractivity contribution in [1.29, 1.82) is 0 Å². The fraction of sp³-hybridized carbons (Fsp3) is 0.304. The summed E-state index contributed by atoms with van der Waals surface area (Å²) >= 11 is 0. The molecule has 1 saturated heterocycles. The Morgan fingerprint density at radius 1 is 1.00 bits per heavy atom. The van der Waals surface area contributed by atoms with Crippen molar-refractivity contribution in [2.24, 2.45) is 0 Å². The first kappa shape index (κ1) is 17.8. The number of hydrogen-bond acceptors (Lipinski definition) is 3. The third-order valence-corrected chi connectivity index (χ3v) is 5.18. The van der Waals surface area contributed by atoms with E-state index in [1.165, 1.54) is 36.2 Å². The molecule has 0 aliphatic carbocycles. The molecule has 1 unspecified atom stereocenters. The fourth-order valence-corrected chi connectivity index (χ4v) is 3.83. The summed E-state index contributed by atoms with van der Waals surface area (Å²) in [5.74, 6) is 0.264. The summed E-state index contributed by atoms with van der Waals surface area (Å²) in [5, 5.41) is 0. The molecule has 1 aromatic carbocycles. The zero-order chi connectivity index (χ0) is 18.5. The lowest BCUT2D eigenvalue weighted by Crippen LogP contribution is -2.34. The molecule has 0 bridgehead atoms. The molecule has 0 spiro atoms. The monoisotopic (exact) mass is 361 g/mol. The van der Waals surface area contributed by atoms with Crippen LogP contribution in [0.4, 0.5) is 4.39 Å². The van der Waals surface area contributed by atoms with Gasteiger partial charge < -0.3 is 0 Å². The van der Waals surface area contributed by atoms with Crippen molar-refractivity contribution in [2.45, 2.75) is 31.7 Å².